The fourth-order valence-corrected chi connectivity index (χ4v) is 3.35. The average molecular weight is 370 g/mol. The van der Waals surface area contributed by atoms with Crippen molar-refractivity contribution in [1.29, 1.82) is 0 Å². The monoisotopic (exact) mass is 370 g/mol. The van der Waals surface area contributed by atoms with E-state index in [1.165, 1.54) is 18.4 Å². The molecule has 0 atom stereocenters. The molecule has 1 saturated heterocycles. The highest BCUT2D eigenvalue weighted by Gasteiger charge is 2.22. The highest BCUT2D eigenvalue weighted by molar-refractivity contribution is 5.76. The summed E-state index contributed by atoms with van der Waals surface area (Å²) in [5.41, 5.74) is 2.15. The van der Waals surface area contributed by atoms with Crippen LogP contribution in [0.2, 0.25) is 0 Å². The SMILES string of the molecule is CCCCCCC(=O)N1CCN(Cc2noc(-c3ccc(C)cc3)n2)CC1. The molecular weight excluding hydrogens is 340 g/mol. The van der Waals surface area contributed by atoms with E-state index in [1.54, 1.807) is 0 Å². The lowest BCUT2D eigenvalue weighted by Gasteiger charge is -2.34. The zero-order valence-corrected chi connectivity index (χ0v) is 16.5. The van der Waals surface area contributed by atoms with Crippen LogP contribution in [0.25, 0.3) is 11.5 Å². The van der Waals surface area contributed by atoms with Crippen molar-refractivity contribution < 1.29 is 9.32 Å². The van der Waals surface area contributed by atoms with Crippen molar-refractivity contribution in [3.8, 4) is 11.5 Å². The first-order chi connectivity index (χ1) is 13.2. The molecule has 1 aromatic heterocycles. The second-order valence-electron chi connectivity index (χ2n) is 7.35. The number of carbonyl (C=O) groups is 1. The van der Waals surface area contributed by atoms with E-state index < -0.39 is 0 Å². The average Bonchev–Trinajstić information content (AvgIpc) is 3.15. The van der Waals surface area contributed by atoms with Gasteiger partial charge in [-0.2, -0.15) is 4.98 Å². The van der Waals surface area contributed by atoms with Gasteiger partial charge in [0.15, 0.2) is 5.82 Å². The number of aromatic nitrogens is 2. The molecule has 1 fully saturated rings. The van der Waals surface area contributed by atoms with Crippen LogP contribution >= 0.6 is 0 Å². The molecule has 0 aliphatic carbocycles. The molecule has 2 heterocycles. The van der Waals surface area contributed by atoms with Gasteiger partial charge >= 0.3 is 0 Å². The minimum absolute atomic E-state index is 0.298. The Morgan fingerprint density at radius 2 is 1.81 bits per heavy atom. The molecule has 6 heteroatoms. The van der Waals surface area contributed by atoms with Crippen LogP contribution in [0.1, 0.15) is 50.4 Å². The van der Waals surface area contributed by atoms with Gasteiger partial charge in [-0.1, -0.05) is 49.0 Å². The third-order valence-electron chi connectivity index (χ3n) is 5.10. The van der Waals surface area contributed by atoms with Crippen molar-refractivity contribution in [3.63, 3.8) is 0 Å². The maximum Gasteiger partial charge on any atom is 0.257 e. The van der Waals surface area contributed by atoms with E-state index >= 15 is 0 Å². The van der Waals surface area contributed by atoms with Crippen molar-refractivity contribution in [2.24, 2.45) is 0 Å². The molecule has 27 heavy (non-hydrogen) atoms. The number of amides is 1. The summed E-state index contributed by atoms with van der Waals surface area (Å²) in [6.07, 6.45) is 5.27. The summed E-state index contributed by atoms with van der Waals surface area (Å²) in [6, 6.07) is 8.07. The Morgan fingerprint density at radius 1 is 1.07 bits per heavy atom. The van der Waals surface area contributed by atoms with Crippen LogP contribution in [0.3, 0.4) is 0 Å². The Bertz CT molecular complexity index is 718. The Balaban J connectivity index is 1.44. The molecule has 1 aromatic carbocycles. The molecule has 0 spiro atoms. The first-order valence-electron chi connectivity index (χ1n) is 10.1. The van der Waals surface area contributed by atoms with Crippen molar-refractivity contribution in [1.82, 2.24) is 19.9 Å². The molecule has 1 aliphatic heterocycles. The van der Waals surface area contributed by atoms with Gasteiger partial charge < -0.3 is 9.42 Å². The molecule has 0 unspecified atom stereocenters. The van der Waals surface area contributed by atoms with E-state index in [9.17, 15) is 4.79 Å². The number of piperazine rings is 1. The standard InChI is InChI=1S/C21H30N4O2/c1-3-4-5-6-7-20(26)25-14-12-24(13-15-25)16-19-22-21(27-23-19)18-10-8-17(2)9-11-18/h8-11H,3-7,12-16H2,1-2H3. The van der Waals surface area contributed by atoms with Gasteiger partial charge in [0.05, 0.1) is 6.54 Å². The zero-order valence-electron chi connectivity index (χ0n) is 16.5. The zero-order chi connectivity index (χ0) is 19.1. The van der Waals surface area contributed by atoms with Gasteiger partial charge in [-0.05, 0) is 25.5 Å². The van der Waals surface area contributed by atoms with Crippen LogP contribution in [0.4, 0.5) is 0 Å². The van der Waals surface area contributed by atoms with Crippen LogP contribution in [0, 0.1) is 6.92 Å². The van der Waals surface area contributed by atoms with Gasteiger partial charge in [0.1, 0.15) is 0 Å². The number of hydrogen-bond donors (Lipinski definition) is 0. The Kier molecular flexibility index (Phi) is 6.98. The summed E-state index contributed by atoms with van der Waals surface area (Å²) in [4.78, 5) is 21.1. The summed E-state index contributed by atoms with van der Waals surface area (Å²) in [5.74, 6) is 1.56. The molecule has 1 amide bonds. The number of unbranched alkanes of at least 4 members (excludes halogenated alkanes) is 3. The van der Waals surface area contributed by atoms with Crippen LogP contribution < -0.4 is 0 Å². The van der Waals surface area contributed by atoms with E-state index in [0.717, 1.165) is 44.6 Å². The summed E-state index contributed by atoms with van der Waals surface area (Å²) in [5, 5.41) is 4.11. The number of benzene rings is 1. The number of rotatable bonds is 8. The molecule has 1 aliphatic rings. The van der Waals surface area contributed by atoms with Crippen molar-refractivity contribution >= 4 is 5.91 Å². The third-order valence-corrected chi connectivity index (χ3v) is 5.10. The maximum atomic E-state index is 12.3. The van der Waals surface area contributed by atoms with Gasteiger partial charge in [0.25, 0.3) is 5.89 Å². The van der Waals surface area contributed by atoms with E-state index in [1.807, 2.05) is 29.2 Å². The Hall–Kier alpha value is -2.21. The molecule has 6 nitrogen and oxygen atoms in total. The second kappa shape index (κ2) is 9.65. The van der Waals surface area contributed by atoms with E-state index in [-0.39, 0.29) is 0 Å². The van der Waals surface area contributed by atoms with E-state index in [2.05, 4.69) is 28.9 Å². The van der Waals surface area contributed by atoms with Gasteiger partial charge in [-0.15, -0.1) is 0 Å². The molecule has 0 bridgehead atoms. The molecule has 0 N–H and O–H groups in total. The first kappa shape index (κ1) is 19.5. The predicted octanol–water partition coefficient (Wildman–Crippen LogP) is 3.66. The lowest BCUT2D eigenvalue weighted by atomic mass is 10.1. The quantitative estimate of drug-likeness (QED) is 0.664. The van der Waals surface area contributed by atoms with Gasteiger partial charge in [0.2, 0.25) is 5.91 Å². The topological polar surface area (TPSA) is 62.5 Å². The molecule has 0 saturated carbocycles. The van der Waals surface area contributed by atoms with Gasteiger partial charge in [-0.3, -0.25) is 9.69 Å². The van der Waals surface area contributed by atoms with E-state index in [0.29, 0.717) is 30.6 Å². The van der Waals surface area contributed by atoms with Crippen LogP contribution in [0.15, 0.2) is 28.8 Å². The summed E-state index contributed by atoms with van der Waals surface area (Å²) < 4.78 is 5.40. The van der Waals surface area contributed by atoms with Crippen LogP contribution in [-0.2, 0) is 11.3 Å². The van der Waals surface area contributed by atoms with Crippen molar-refractivity contribution in [2.45, 2.75) is 52.5 Å². The largest absolute Gasteiger partial charge is 0.340 e. The fraction of sp³-hybridized carbons (Fsp3) is 0.571. The van der Waals surface area contributed by atoms with Gasteiger partial charge in [-0.25, -0.2) is 0 Å². The number of hydrogen-bond acceptors (Lipinski definition) is 5. The van der Waals surface area contributed by atoms with Crippen molar-refractivity contribution in [3.05, 3.63) is 35.7 Å². The minimum atomic E-state index is 0.298. The predicted molar refractivity (Wildman–Crippen MR) is 105 cm³/mol. The van der Waals surface area contributed by atoms with Crippen LogP contribution in [0.5, 0.6) is 0 Å². The summed E-state index contributed by atoms with van der Waals surface area (Å²) in [7, 11) is 0. The van der Waals surface area contributed by atoms with E-state index in [4.69, 9.17) is 4.52 Å². The normalized spacial score (nSPS) is 15.3. The number of carbonyl (C=O) groups excluding carboxylic acids is 1. The smallest absolute Gasteiger partial charge is 0.257 e. The molecule has 0 radical (unpaired) electrons. The number of nitrogens with zero attached hydrogens (tertiary/aromatic N) is 4. The molecule has 2 aromatic rings. The minimum Gasteiger partial charge on any atom is -0.340 e. The highest BCUT2D eigenvalue weighted by atomic mass is 16.5. The Labute approximate surface area is 161 Å². The first-order valence-corrected chi connectivity index (χ1v) is 10.1. The third kappa shape index (κ3) is 5.63. The molecular formula is C21H30N4O2. The lowest BCUT2D eigenvalue weighted by molar-refractivity contribution is -0.133. The Morgan fingerprint density at radius 3 is 2.52 bits per heavy atom. The van der Waals surface area contributed by atoms with Crippen molar-refractivity contribution in [2.75, 3.05) is 26.2 Å². The summed E-state index contributed by atoms with van der Waals surface area (Å²) >= 11 is 0. The van der Waals surface area contributed by atoms with Gasteiger partial charge in [0, 0.05) is 38.2 Å². The maximum absolute atomic E-state index is 12.3. The molecule has 146 valence electrons. The van der Waals surface area contributed by atoms with Crippen LogP contribution in [-0.4, -0.2) is 52.0 Å². The second-order valence-corrected chi connectivity index (χ2v) is 7.35. The number of aryl methyl sites for hydroxylation is 1. The lowest BCUT2D eigenvalue weighted by Crippen LogP contribution is -2.48. The molecule has 3 rings (SSSR count). The summed E-state index contributed by atoms with van der Waals surface area (Å²) in [6.45, 7) is 8.19. The fourth-order valence-electron chi connectivity index (χ4n) is 3.35. The highest BCUT2D eigenvalue weighted by Crippen LogP contribution is 2.18.